The van der Waals surface area contributed by atoms with Gasteiger partial charge in [0.1, 0.15) is 0 Å². The minimum absolute atomic E-state index is 0.176. The molecule has 0 saturated heterocycles. The first kappa shape index (κ1) is 15.2. The molecule has 1 aromatic rings. The molecule has 0 amide bonds. The van der Waals surface area contributed by atoms with Crippen molar-refractivity contribution in [1.82, 2.24) is 4.98 Å². The first-order valence-electron chi connectivity index (χ1n) is 5.78. The zero-order chi connectivity index (χ0) is 13.4. The third-order valence-corrected chi connectivity index (χ3v) is 3.70. The van der Waals surface area contributed by atoms with E-state index in [1.54, 1.807) is 0 Å². The molecule has 0 bridgehead atoms. The number of carbonyl (C=O) groups excluding carboxylic acids is 1. The van der Waals surface area contributed by atoms with Gasteiger partial charge in [0.05, 0.1) is 7.11 Å². The van der Waals surface area contributed by atoms with Gasteiger partial charge in [0.15, 0.2) is 15.2 Å². The normalized spacial score (nSPS) is 10.4. The van der Waals surface area contributed by atoms with Gasteiger partial charge in [0.25, 0.3) is 0 Å². The van der Waals surface area contributed by atoms with Crippen LogP contribution in [0, 0.1) is 0 Å². The van der Waals surface area contributed by atoms with E-state index in [0.29, 0.717) is 10.0 Å². The maximum absolute atomic E-state index is 11.3. The summed E-state index contributed by atoms with van der Waals surface area (Å²) >= 11 is 7.02. The monoisotopic (exact) mass is 292 g/mol. The standard InChI is InChI=1S/C11H17ClN2O3S/c1-17-10(16)8-9(12)14-11(18-8)13-6-4-2-3-5-7-15/h15H,2-7H2,1H3,(H,13,14). The largest absolute Gasteiger partial charge is 0.465 e. The molecular formula is C11H17ClN2O3S. The van der Waals surface area contributed by atoms with E-state index >= 15 is 0 Å². The van der Waals surface area contributed by atoms with Gasteiger partial charge in [-0.25, -0.2) is 9.78 Å². The van der Waals surface area contributed by atoms with Crippen LogP contribution in [0.4, 0.5) is 5.13 Å². The minimum atomic E-state index is -0.464. The molecule has 1 heterocycles. The average molecular weight is 293 g/mol. The summed E-state index contributed by atoms with van der Waals surface area (Å²) in [7, 11) is 1.31. The second-order valence-corrected chi connectivity index (χ2v) is 5.05. The van der Waals surface area contributed by atoms with Crippen molar-refractivity contribution in [1.29, 1.82) is 0 Å². The molecule has 102 valence electrons. The highest BCUT2D eigenvalue weighted by Gasteiger charge is 2.16. The third-order valence-electron chi connectivity index (χ3n) is 2.32. The molecule has 2 N–H and O–H groups in total. The molecule has 1 aromatic heterocycles. The van der Waals surface area contributed by atoms with Crippen LogP contribution in [-0.2, 0) is 4.74 Å². The fourth-order valence-corrected chi connectivity index (χ4v) is 2.51. The highest BCUT2D eigenvalue weighted by molar-refractivity contribution is 7.18. The Morgan fingerprint density at radius 2 is 2.17 bits per heavy atom. The van der Waals surface area contributed by atoms with Crippen molar-refractivity contribution in [2.75, 3.05) is 25.6 Å². The van der Waals surface area contributed by atoms with E-state index in [9.17, 15) is 4.79 Å². The van der Waals surface area contributed by atoms with Crippen molar-refractivity contribution in [3.05, 3.63) is 10.0 Å². The maximum Gasteiger partial charge on any atom is 0.351 e. The van der Waals surface area contributed by atoms with Crippen molar-refractivity contribution in [2.24, 2.45) is 0 Å². The van der Waals surface area contributed by atoms with Crippen molar-refractivity contribution in [3.63, 3.8) is 0 Å². The van der Waals surface area contributed by atoms with Crippen LogP contribution in [0.2, 0.25) is 5.15 Å². The lowest BCUT2D eigenvalue weighted by Gasteiger charge is -2.01. The summed E-state index contributed by atoms with van der Waals surface area (Å²) < 4.78 is 4.60. The number of halogens is 1. The van der Waals surface area contributed by atoms with Crippen LogP contribution in [0.25, 0.3) is 0 Å². The van der Waals surface area contributed by atoms with Crippen LogP contribution in [0.3, 0.4) is 0 Å². The highest BCUT2D eigenvalue weighted by atomic mass is 35.5. The number of carbonyl (C=O) groups is 1. The predicted molar refractivity (Wildman–Crippen MR) is 72.5 cm³/mol. The van der Waals surface area contributed by atoms with Gasteiger partial charge in [-0.15, -0.1) is 0 Å². The number of ether oxygens (including phenoxy) is 1. The SMILES string of the molecule is COC(=O)c1sc(NCCCCCCO)nc1Cl. The van der Waals surface area contributed by atoms with Crippen LogP contribution in [0.5, 0.6) is 0 Å². The fraction of sp³-hybridized carbons (Fsp3) is 0.636. The van der Waals surface area contributed by atoms with Crippen LogP contribution >= 0.6 is 22.9 Å². The number of thiazole rings is 1. The zero-order valence-electron chi connectivity index (χ0n) is 10.2. The lowest BCUT2D eigenvalue weighted by atomic mass is 10.2. The average Bonchev–Trinajstić information content (AvgIpc) is 2.74. The molecule has 7 heteroatoms. The molecule has 0 aromatic carbocycles. The molecule has 0 saturated carbocycles. The van der Waals surface area contributed by atoms with E-state index in [0.717, 1.165) is 32.2 Å². The van der Waals surface area contributed by atoms with E-state index in [2.05, 4.69) is 15.0 Å². The molecule has 1 rings (SSSR count). The van der Waals surface area contributed by atoms with E-state index in [1.807, 2.05) is 0 Å². The first-order chi connectivity index (χ1) is 8.69. The first-order valence-corrected chi connectivity index (χ1v) is 6.98. The quantitative estimate of drug-likeness (QED) is 0.569. The van der Waals surface area contributed by atoms with Crippen molar-refractivity contribution in [3.8, 4) is 0 Å². The molecule has 0 aliphatic heterocycles. The summed E-state index contributed by atoms with van der Waals surface area (Å²) in [5.41, 5.74) is 0. The number of unbranched alkanes of at least 4 members (excludes halogenated alkanes) is 3. The minimum Gasteiger partial charge on any atom is -0.465 e. The number of anilines is 1. The van der Waals surface area contributed by atoms with Crippen LogP contribution in [0.1, 0.15) is 35.4 Å². The van der Waals surface area contributed by atoms with Crippen LogP contribution < -0.4 is 5.32 Å². The summed E-state index contributed by atoms with van der Waals surface area (Å²) in [5.74, 6) is -0.464. The van der Waals surface area contributed by atoms with Gasteiger partial charge in [0.2, 0.25) is 0 Å². The lowest BCUT2D eigenvalue weighted by molar-refractivity contribution is 0.0606. The zero-order valence-corrected chi connectivity index (χ0v) is 11.8. The van der Waals surface area contributed by atoms with Gasteiger partial charge in [0, 0.05) is 13.2 Å². The number of rotatable bonds is 8. The highest BCUT2D eigenvalue weighted by Crippen LogP contribution is 2.27. The Bertz CT molecular complexity index is 384. The second-order valence-electron chi connectivity index (χ2n) is 3.70. The number of nitrogens with zero attached hydrogens (tertiary/aromatic N) is 1. The number of hydrogen-bond acceptors (Lipinski definition) is 6. The molecule has 0 radical (unpaired) electrons. The Morgan fingerprint density at radius 3 is 2.83 bits per heavy atom. The van der Waals surface area contributed by atoms with Crippen LogP contribution in [-0.4, -0.2) is 36.3 Å². The lowest BCUT2D eigenvalue weighted by Crippen LogP contribution is -2.00. The maximum atomic E-state index is 11.3. The molecule has 0 aliphatic carbocycles. The summed E-state index contributed by atoms with van der Waals surface area (Å²) in [5, 5.41) is 12.5. The summed E-state index contributed by atoms with van der Waals surface area (Å²) in [6.07, 6.45) is 3.90. The molecule has 0 spiro atoms. The Morgan fingerprint density at radius 1 is 1.44 bits per heavy atom. The fourth-order valence-electron chi connectivity index (χ4n) is 1.38. The van der Waals surface area contributed by atoms with E-state index in [-0.39, 0.29) is 11.8 Å². The van der Waals surface area contributed by atoms with Gasteiger partial charge >= 0.3 is 5.97 Å². The van der Waals surface area contributed by atoms with Crippen molar-refractivity contribution < 1.29 is 14.6 Å². The number of hydrogen-bond donors (Lipinski definition) is 2. The molecule has 0 unspecified atom stereocenters. The summed E-state index contributed by atoms with van der Waals surface area (Å²) in [6, 6.07) is 0. The van der Waals surface area contributed by atoms with Gasteiger partial charge in [-0.3, -0.25) is 0 Å². The molecule has 0 atom stereocenters. The summed E-state index contributed by atoms with van der Waals surface area (Å²) in [4.78, 5) is 15.7. The van der Waals surface area contributed by atoms with E-state index in [4.69, 9.17) is 16.7 Å². The smallest absolute Gasteiger partial charge is 0.351 e. The number of methoxy groups -OCH3 is 1. The number of esters is 1. The number of aromatic nitrogens is 1. The Balaban J connectivity index is 2.33. The van der Waals surface area contributed by atoms with Crippen molar-refractivity contribution >= 4 is 34.0 Å². The van der Waals surface area contributed by atoms with Crippen LogP contribution in [0.15, 0.2) is 0 Å². The molecule has 0 fully saturated rings. The van der Waals surface area contributed by atoms with Gasteiger partial charge in [-0.1, -0.05) is 35.8 Å². The predicted octanol–water partition coefficient (Wildman–Crippen LogP) is 2.55. The Kier molecular flexibility index (Phi) is 7.00. The Hall–Kier alpha value is -0.850. The van der Waals surface area contributed by atoms with E-state index < -0.39 is 5.97 Å². The topological polar surface area (TPSA) is 71.5 Å². The number of aliphatic hydroxyl groups is 1. The molecular weight excluding hydrogens is 276 g/mol. The number of nitrogens with one attached hydrogen (secondary N) is 1. The van der Waals surface area contributed by atoms with Gasteiger partial charge < -0.3 is 15.2 Å². The summed E-state index contributed by atoms with van der Waals surface area (Å²) in [6.45, 7) is 1.02. The molecule has 0 aliphatic rings. The number of aliphatic hydroxyl groups excluding tert-OH is 1. The van der Waals surface area contributed by atoms with Gasteiger partial charge in [-0.2, -0.15) is 0 Å². The third kappa shape index (κ3) is 4.80. The molecule has 5 nitrogen and oxygen atoms in total. The second kappa shape index (κ2) is 8.29. The van der Waals surface area contributed by atoms with Gasteiger partial charge in [-0.05, 0) is 12.8 Å². The molecule has 18 heavy (non-hydrogen) atoms. The van der Waals surface area contributed by atoms with E-state index in [1.165, 1.54) is 18.4 Å². The van der Waals surface area contributed by atoms with Crippen molar-refractivity contribution in [2.45, 2.75) is 25.7 Å². The Labute approximate surface area is 115 Å².